The van der Waals surface area contributed by atoms with Crippen molar-refractivity contribution in [2.75, 3.05) is 13.2 Å². The Morgan fingerprint density at radius 2 is 2.00 bits per heavy atom. The molecule has 1 aliphatic heterocycles. The Balaban J connectivity index is 1.83. The van der Waals surface area contributed by atoms with E-state index in [1.807, 2.05) is 6.92 Å². The van der Waals surface area contributed by atoms with Crippen LogP contribution in [0.15, 0.2) is 10.5 Å². The highest BCUT2D eigenvalue weighted by atomic mass is 16.5. The summed E-state index contributed by atoms with van der Waals surface area (Å²) in [7, 11) is 0. The molecule has 1 aromatic heterocycles. The average molecular weight is 281 g/mol. The summed E-state index contributed by atoms with van der Waals surface area (Å²) in [6, 6.07) is 2.10. The Kier molecular flexibility index (Phi) is 5.24. The number of rotatable bonds is 5. The summed E-state index contributed by atoms with van der Waals surface area (Å²) < 4.78 is 17.0. The van der Waals surface area contributed by atoms with E-state index in [2.05, 4.69) is 32.2 Å². The van der Waals surface area contributed by atoms with Gasteiger partial charge in [0, 0.05) is 30.9 Å². The van der Waals surface area contributed by atoms with E-state index in [9.17, 15) is 0 Å². The number of hydrogen-bond acceptors (Lipinski definition) is 4. The summed E-state index contributed by atoms with van der Waals surface area (Å²) in [5.41, 5.74) is 1.33. The van der Waals surface area contributed by atoms with Crippen LogP contribution >= 0.6 is 0 Å². The van der Waals surface area contributed by atoms with Gasteiger partial charge in [-0.15, -0.1) is 0 Å². The molecule has 4 heteroatoms. The van der Waals surface area contributed by atoms with Crippen molar-refractivity contribution in [3.05, 3.63) is 23.2 Å². The molecule has 2 heterocycles. The molecule has 4 nitrogen and oxygen atoms in total. The third kappa shape index (κ3) is 4.93. The molecule has 0 unspecified atom stereocenters. The molecule has 0 aliphatic carbocycles. The summed E-state index contributed by atoms with van der Waals surface area (Å²) in [4.78, 5) is 0. The van der Waals surface area contributed by atoms with Crippen LogP contribution in [0.2, 0.25) is 0 Å². The van der Waals surface area contributed by atoms with E-state index < -0.39 is 0 Å². The monoisotopic (exact) mass is 281 g/mol. The second kappa shape index (κ2) is 6.74. The molecule has 0 radical (unpaired) electrons. The molecule has 0 amide bonds. The third-order valence-corrected chi connectivity index (χ3v) is 3.51. The van der Waals surface area contributed by atoms with E-state index in [1.54, 1.807) is 0 Å². The molecule has 114 valence electrons. The summed E-state index contributed by atoms with van der Waals surface area (Å²) >= 11 is 0. The van der Waals surface area contributed by atoms with E-state index in [0.29, 0.717) is 12.7 Å². The highest BCUT2D eigenvalue weighted by Crippen LogP contribution is 2.19. The highest BCUT2D eigenvalue weighted by molar-refractivity contribution is 5.20. The quantitative estimate of drug-likeness (QED) is 0.900. The third-order valence-electron chi connectivity index (χ3n) is 3.51. The van der Waals surface area contributed by atoms with Crippen molar-refractivity contribution in [3.63, 3.8) is 0 Å². The predicted octanol–water partition coefficient (Wildman–Crippen LogP) is 3.17. The van der Waals surface area contributed by atoms with Crippen LogP contribution in [0.3, 0.4) is 0 Å². The Morgan fingerprint density at radius 1 is 1.30 bits per heavy atom. The molecule has 0 spiro atoms. The van der Waals surface area contributed by atoms with Gasteiger partial charge < -0.3 is 19.2 Å². The van der Waals surface area contributed by atoms with Gasteiger partial charge in [-0.1, -0.05) is 0 Å². The molecule has 1 aliphatic rings. The summed E-state index contributed by atoms with van der Waals surface area (Å²) in [5, 5.41) is 3.48. The zero-order valence-corrected chi connectivity index (χ0v) is 13.1. The van der Waals surface area contributed by atoms with Crippen molar-refractivity contribution in [1.29, 1.82) is 0 Å². The van der Waals surface area contributed by atoms with Crippen LogP contribution in [-0.2, 0) is 22.6 Å². The first-order valence-electron chi connectivity index (χ1n) is 7.46. The maximum atomic E-state index is 5.89. The normalized spacial score (nSPS) is 17.6. The lowest BCUT2D eigenvalue weighted by molar-refractivity contribution is -0.0435. The smallest absolute Gasteiger partial charge is 0.130 e. The van der Waals surface area contributed by atoms with Crippen LogP contribution in [0.5, 0.6) is 0 Å². The van der Waals surface area contributed by atoms with Crippen LogP contribution in [0.25, 0.3) is 0 Å². The van der Waals surface area contributed by atoms with E-state index in [1.165, 1.54) is 5.56 Å². The predicted molar refractivity (Wildman–Crippen MR) is 78.7 cm³/mol. The fourth-order valence-corrected chi connectivity index (χ4v) is 2.24. The van der Waals surface area contributed by atoms with Gasteiger partial charge in [0.1, 0.15) is 18.1 Å². The molecule has 2 rings (SSSR count). The lowest BCUT2D eigenvalue weighted by atomic mass is 10.1. The molecule has 0 aromatic carbocycles. The average Bonchev–Trinajstić information content (AvgIpc) is 2.75. The van der Waals surface area contributed by atoms with Crippen molar-refractivity contribution in [2.24, 2.45) is 0 Å². The van der Waals surface area contributed by atoms with Crippen molar-refractivity contribution in [2.45, 2.75) is 65.3 Å². The summed E-state index contributed by atoms with van der Waals surface area (Å²) in [5.74, 6) is 1.90. The van der Waals surface area contributed by atoms with Crippen LogP contribution < -0.4 is 5.32 Å². The topological polar surface area (TPSA) is 43.6 Å². The number of hydrogen-bond donors (Lipinski definition) is 1. The summed E-state index contributed by atoms with van der Waals surface area (Å²) in [6.07, 6.45) is 2.28. The van der Waals surface area contributed by atoms with Gasteiger partial charge >= 0.3 is 0 Å². The number of furan rings is 1. The van der Waals surface area contributed by atoms with Crippen molar-refractivity contribution in [1.82, 2.24) is 5.32 Å². The Labute approximate surface area is 121 Å². The molecule has 0 atom stereocenters. The molecule has 0 bridgehead atoms. The van der Waals surface area contributed by atoms with Gasteiger partial charge in [0.05, 0.1) is 6.10 Å². The first-order valence-corrected chi connectivity index (χ1v) is 7.46. The minimum atomic E-state index is 0.114. The van der Waals surface area contributed by atoms with E-state index in [-0.39, 0.29) is 5.54 Å². The van der Waals surface area contributed by atoms with Gasteiger partial charge in [0.2, 0.25) is 0 Å². The number of nitrogens with one attached hydrogen (secondary N) is 1. The van der Waals surface area contributed by atoms with E-state index in [0.717, 1.165) is 44.1 Å². The SMILES string of the molecule is Cc1oc(COC2CCOCC2)cc1CNC(C)(C)C. The largest absolute Gasteiger partial charge is 0.464 e. The van der Waals surface area contributed by atoms with Crippen LogP contribution in [0, 0.1) is 6.92 Å². The molecule has 1 N–H and O–H groups in total. The van der Waals surface area contributed by atoms with Gasteiger partial charge in [-0.2, -0.15) is 0 Å². The van der Waals surface area contributed by atoms with Crippen molar-refractivity contribution in [3.8, 4) is 0 Å². The minimum absolute atomic E-state index is 0.114. The zero-order chi connectivity index (χ0) is 14.6. The second-order valence-electron chi connectivity index (χ2n) is 6.52. The second-order valence-corrected chi connectivity index (χ2v) is 6.52. The molecule has 20 heavy (non-hydrogen) atoms. The minimum Gasteiger partial charge on any atom is -0.464 e. The van der Waals surface area contributed by atoms with Crippen LogP contribution in [0.4, 0.5) is 0 Å². The van der Waals surface area contributed by atoms with Gasteiger partial charge in [0.15, 0.2) is 0 Å². The van der Waals surface area contributed by atoms with E-state index >= 15 is 0 Å². The molecular weight excluding hydrogens is 254 g/mol. The lowest BCUT2D eigenvalue weighted by Gasteiger charge is -2.21. The van der Waals surface area contributed by atoms with Crippen molar-refractivity contribution < 1.29 is 13.9 Å². The fraction of sp³-hybridized carbons (Fsp3) is 0.750. The molecule has 1 aromatic rings. The first-order chi connectivity index (χ1) is 9.44. The zero-order valence-electron chi connectivity index (χ0n) is 13.1. The maximum absolute atomic E-state index is 5.89. The maximum Gasteiger partial charge on any atom is 0.130 e. The molecule has 0 saturated carbocycles. The molecule has 1 fully saturated rings. The number of ether oxygens (including phenoxy) is 2. The van der Waals surface area contributed by atoms with E-state index in [4.69, 9.17) is 13.9 Å². The van der Waals surface area contributed by atoms with Gasteiger partial charge in [-0.05, 0) is 46.6 Å². The standard InChI is InChI=1S/C16H27NO3/c1-12-13(10-17-16(2,3)4)9-15(20-12)11-19-14-5-7-18-8-6-14/h9,14,17H,5-8,10-11H2,1-4H3. The summed E-state index contributed by atoms with van der Waals surface area (Å²) in [6.45, 7) is 11.5. The Bertz CT molecular complexity index is 414. The first kappa shape index (κ1) is 15.5. The molecule has 1 saturated heterocycles. The van der Waals surface area contributed by atoms with Crippen LogP contribution in [0.1, 0.15) is 50.7 Å². The van der Waals surface area contributed by atoms with Crippen molar-refractivity contribution >= 4 is 0 Å². The molecular formula is C16H27NO3. The number of aryl methyl sites for hydroxylation is 1. The lowest BCUT2D eigenvalue weighted by Crippen LogP contribution is -2.35. The Morgan fingerprint density at radius 3 is 2.65 bits per heavy atom. The Hall–Kier alpha value is -0.840. The van der Waals surface area contributed by atoms with Crippen LogP contribution in [-0.4, -0.2) is 24.9 Å². The van der Waals surface area contributed by atoms with Gasteiger partial charge in [-0.3, -0.25) is 0 Å². The van der Waals surface area contributed by atoms with Gasteiger partial charge in [-0.25, -0.2) is 0 Å². The van der Waals surface area contributed by atoms with Gasteiger partial charge in [0.25, 0.3) is 0 Å². The highest BCUT2D eigenvalue weighted by Gasteiger charge is 2.16. The fourth-order valence-electron chi connectivity index (χ4n) is 2.24.